The van der Waals surface area contributed by atoms with Gasteiger partial charge in [-0.1, -0.05) is 47.5 Å². The number of terminal acetylenes is 1. The van der Waals surface area contributed by atoms with Crippen LogP contribution >= 0.6 is 0 Å². The fraction of sp³-hybridized carbons (Fsp3) is 0.190. The number of alkyl halides is 3. The lowest BCUT2D eigenvalue weighted by molar-refractivity contribution is -0.0501. The van der Waals surface area contributed by atoms with Crippen LogP contribution in [0.2, 0.25) is 0 Å². The van der Waals surface area contributed by atoms with Crippen molar-refractivity contribution in [3.8, 4) is 29.4 Å². The number of nitrogens with zero attached hydrogens (tertiary/aromatic N) is 1. The Morgan fingerprint density at radius 2 is 1.59 bits per heavy atom. The molecule has 0 bridgehead atoms. The maximum atomic E-state index is 12.6. The lowest BCUT2D eigenvalue weighted by atomic mass is 9.98. The second-order valence-electron chi connectivity index (χ2n) is 6.17. The number of aryl methyl sites for hydroxylation is 2. The first kappa shape index (κ1) is 22.2. The Labute approximate surface area is 167 Å². The third-order valence-electron chi connectivity index (χ3n) is 3.70. The first-order valence-electron chi connectivity index (χ1n) is 8.35. The fourth-order valence-electron chi connectivity index (χ4n) is 2.72. The van der Waals surface area contributed by atoms with Gasteiger partial charge in [0.15, 0.2) is 0 Å². The van der Waals surface area contributed by atoms with Gasteiger partial charge in [-0.15, -0.1) is 12.3 Å². The average molecular weight is 421 g/mol. The first-order valence-corrected chi connectivity index (χ1v) is 9.76. The number of aromatic nitrogens is 1. The highest BCUT2D eigenvalue weighted by atomic mass is 32.2. The Morgan fingerprint density at radius 1 is 1.03 bits per heavy atom. The van der Waals surface area contributed by atoms with Crippen molar-refractivity contribution < 1.29 is 25.8 Å². The molecule has 29 heavy (non-hydrogen) atoms. The Bertz CT molecular complexity index is 1160. The summed E-state index contributed by atoms with van der Waals surface area (Å²) in [6, 6.07) is 13.6. The van der Waals surface area contributed by atoms with Crippen molar-refractivity contribution in [3.05, 3.63) is 59.7 Å². The number of rotatable bonds is 3. The molecular formula is C21H18F3NO3S. The third-order valence-corrected chi connectivity index (χ3v) is 4.66. The summed E-state index contributed by atoms with van der Waals surface area (Å²) in [5, 5.41) is 0.675. The molecule has 152 valence electrons. The highest BCUT2D eigenvalue weighted by Crippen LogP contribution is 2.34. The maximum Gasteiger partial charge on any atom is 0.534 e. The van der Waals surface area contributed by atoms with Gasteiger partial charge in [-0.2, -0.15) is 21.6 Å². The van der Waals surface area contributed by atoms with Crippen molar-refractivity contribution in [2.24, 2.45) is 0 Å². The number of fused-ring (bicyclic) bond motifs is 1. The topological polar surface area (TPSA) is 56.3 Å². The van der Waals surface area contributed by atoms with Crippen LogP contribution in [0.1, 0.15) is 18.1 Å². The molecule has 0 radical (unpaired) electrons. The summed E-state index contributed by atoms with van der Waals surface area (Å²) in [6.07, 6.45) is 4.60. The molecule has 0 fully saturated rings. The quantitative estimate of drug-likeness (QED) is 0.323. The lowest BCUT2D eigenvalue weighted by Crippen LogP contribution is -2.28. The molecule has 1 heterocycles. The van der Waals surface area contributed by atoms with Crippen LogP contribution in [0.5, 0.6) is 5.88 Å². The van der Waals surface area contributed by atoms with Crippen LogP contribution in [0.25, 0.3) is 22.0 Å². The van der Waals surface area contributed by atoms with E-state index in [0.29, 0.717) is 16.5 Å². The number of para-hydroxylation sites is 1. The van der Waals surface area contributed by atoms with Crippen LogP contribution in [-0.4, -0.2) is 18.9 Å². The molecule has 0 unspecified atom stereocenters. The molecule has 3 aromatic rings. The summed E-state index contributed by atoms with van der Waals surface area (Å²) in [7, 11) is -5.80. The van der Waals surface area contributed by atoms with E-state index in [9.17, 15) is 21.6 Å². The van der Waals surface area contributed by atoms with E-state index in [4.69, 9.17) is 0 Å². The Morgan fingerprint density at radius 3 is 2.14 bits per heavy atom. The molecule has 1 aromatic heterocycles. The molecule has 0 spiro atoms. The molecule has 0 aliphatic rings. The minimum Gasteiger partial charge on any atom is -0.355 e. The highest BCUT2D eigenvalue weighted by molar-refractivity contribution is 7.87. The molecular weight excluding hydrogens is 403 g/mol. The second kappa shape index (κ2) is 8.53. The molecule has 8 heteroatoms. The Hall–Kier alpha value is -3.05. The Kier molecular flexibility index (Phi) is 6.55. The minimum absolute atomic E-state index is 0.330. The zero-order chi connectivity index (χ0) is 21.8. The number of hydrogen-bond acceptors (Lipinski definition) is 4. The molecule has 2 aromatic carbocycles. The van der Waals surface area contributed by atoms with Crippen LogP contribution in [0.15, 0.2) is 48.5 Å². The predicted octanol–water partition coefficient (Wildman–Crippen LogP) is 5.39. The highest BCUT2D eigenvalue weighted by Gasteiger charge is 2.48. The monoisotopic (exact) mass is 421 g/mol. The van der Waals surface area contributed by atoms with Gasteiger partial charge >= 0.3 is 15.6 Å². The van der Waals surface area contributed by atoms with Crippen LogP contribution in [-0.2, 0) is 10.1 Å². The zero-order valence-corrected chi connectivity index (χ0v) is 16.7. The largest absolute Gasteiger partial charge is 0.534 e. The lowest BCUT2D eigenvalue weighted by Gasteiger charge is -2.13. The van der Waals surface area contributed by atoms with Gasteiger partial charge in [0, 0.05) is 11.5 Å². The van der Waals surface area contributed by atoms with Crippen molar-refractivity contribution in [1.82, 2.24) is 4.98 Å². The Balaban J connectivity index is 0.000000941. The van der Waals surface area contributed by atoms with E-state index in [1.807, 2.05) is 32.0 Å². The maximum absolute atomic E-state index is 12.6. The smallest absolute Gasteiger partial charge is 0.355 e. The first-order chi connectivity index (χ1) is 13.5. The summed E-state index contributed by atoms with van der Waals surface area (Å²) in [6.45, 7) is 5.44. The van der Waals surface area contributed by atoms with E-state index in [0.717, 1.165) is 16.7 Å². The van der Waals surface area contributed by atoms with Crippen LogP contribution in [0.3, 0.4) is 0 Å². The third kappa shape index (κ3) is 5.27. The van der Waals surface area contributed by atoms with Crippen LogP contribution in [0, 0.1) is 26.2 Å². The van der Waals surface area contributed by atoms with E-state index in [1.54, 1.807) is 31.2 Å². The molecule has 0 saturated heterocycles. The van der Waals surface area contributed by atoms with Crippen LogP contribution in [0.4, 0.5) is 13.2 Å². The second-order valence-corrected chi connectivity index (χ2v) is 7.71. The molecule has 0 atom stereocenters. The van der Waals surface area contributed by atoms with E-state index < -0.39 is 21.5 Å². The fourth-order valence-corrected chi connectivity index (χ4v) is 3.13. The van der Waals surface area contributed by atoms with Gasteiger partial charge in [-0.3, -0.25) is 0 Å². The minimum atomic E-state index is -5.80. The summed E-state index contributed by atoms with van der Waals surface area (Å²) in [4.78, 5) is 3.90. The molecule has 0 N–H and O–H groups in total. The van der Waals surface area contributed by atoms with Crippen molar-refractivity contribution in [3.63, 3.8) is 0 Å². The van der Waals surface area contributed by atoms with Gasteiger partial charge in [0.1, 0.15) is 0 Å². The summed E-state index contributed by atoms with van der Waals surface area (Å²) < 4.78 is 64.8. The van der Waals surface area contributed by atoms with Gasteiger partial charge in [0.05, 0.1) is 5.52 Å². The van der Waals surface area contributed by atoms with Crippen molar-refractivity contribution in [2.45, 2.75) is 26.3 Å². The number of benzene rings is 2. The zero-order valence-electron chi connectivity index (χ0n) is 15.9. The van der Waals surface area contributed by atoms with Crippen molar-refractivity contribution >= 4 is 21.0 Å². The van der Waals surface area contributed by atoms with E-state index in [1.165, 1.54) is 6.07 Å². The molecule has 0 saturated carbocycles. The van der Waals surface area contributed by atoms with Gasteiger partial charge < -0.3 is 4.18 Å². The van der Waals surface area contributed by atoms with Crippen LogP contribution < -0.4 is 4.18 Å². The molecule has 0 aliphatic heterocycles. The standard InChI is InChI=1S/C18H14F3NO3S.C3H4/c1-11-7-12(2)9-13(8-11)15-10-17(25-26(23,24)18(19,20)21)22-16-6-4-3-5-14(15)16;1-3-2/h3-10H,1-2H3;1H,2H3. The van der Waals surface area contributed by atoms with Gasteiger partial charge in [0.25, 0.3) is 0 Å². The predicted molar refractivity (Wildman–Crippen MR) is 107 cm³/mol. The number of halogens is 3. The molecule has 3 rings (SSSR count). The number of pyridine rings is 1. The van der Waals surface area contributed by atoms with Gasteiger partial charge in [0.2, 0.25) is 5.88 Å². The van der Waals surface area contributed by atoms with Crippen molar-refractivity contribution in [1.29, 1.82) is 0 Å². The molecule has 0 amide bonds. The van der Waals surface area contributed by atoms with Gasteiger partial charge in [-0.05, 0) is 38.0 Å². The normalized spacial score (nSPS) is 11.3. The summed E-state index contributed by atoms with van der Waals surface area (Å²) in [5.74, 6) is 1.62. The van der Waals surface area contributed by atoms with E-state index >= 15 is 0 Å². The van der Waals surface area contributed by atoms with E-state index in [2.05, 4.69) is 21.5 Å². The summed E-state index contributed by atoms with van der Waals surface area (Å²) >= 11 is 0. The number of hydrogen-bond donors (Lipinski definition) is 0. The SMILES string of the molecule is C#CC.Cc1cc(C)cc(-c2cc(OS(=O)(=O)C(F)(F)F)nc3ccccc23)c1. The van der Waals surface area contributed by atoms with Gasteiger partial charge in [-0.25, -0.2) is 4.98 Å². The average Bonchev–Trinajstić information content (AvgIpc) is 2.59. The molecule has 4 nitrogen and oxygen atoms in total. The summed E-state index contributed by atoms with van der Waals surface area (Å²) in [5.41, 5.74) is -2.00. The van der Waals surface area contributed by atoms with Crippen molar-refractivity contribution in [2.75, 3.05) is 0 Å². The molecule has 0 aliphatic carbocycles. The van der Waals surface area contributed by atoms with E-state index in [-0.39, 0.29) is 0 Å².